The highest BCUT2D eigenvalue weighted by atomic mass is 16.5. The summed E-state index contributed by atoms with van der Waals surface area (Å²) in [7, 11) is 0. The maximum Gasteiger partial charge on any atom is 0.0468 e. The zero-order valence-electron chi connectivity index (χ0n) is 11.9. The molecule has 2 nitrogen and oxygen atoms in total. The minimum atomic E-state index is 0.811. The van der Waals surface area contributed by atoms with Crippen LogP contribution >= 0.6 is 0 Å². The van der Waals surface area contributed by atoms with Crippen LogP contribution in [0.25, 0.3) is 0 Å². The first-order valence-corrected chi connectivity index (χ1v) is 8.21. The summed E-state index contributed by atoms with van der Waals surface area (Å²) in [5.41, 5.74) is 0. The number of hydrogen-bond donors (Lipinski definition) is 1. The van der Waals surface area contributed by atoms with Crippen LogP contribution < -0.4 is 5.32 Å². The molecule has 1 N–H and O–H groups in total. The van der Waals surface area contributed by atoms with E-state index in [2.05, 4.69) is 12.2 Å². The number of nitrogens with one attached hydrogen (secondary N) is 1. The number of ether oxygens (including phenoxy) is 1. The van der Waals surface area contributed by atoms with Gasteiger partial charge in [-0.3, -0.25) is 0 Å². The Balaban J connectivity index is 1.54. The third kappa shape index (κ3) is 2.75. The van der Waals surface area contributed by atoms with Gasteiger partial charge in [0.05, 0.1) is 0 Å². The third-order valence-electron chi connectivity index (χ3n) is 5.58. The quantitative estimate of drug-likeness (QED) is 0.810. The lowest BCUT2D eigenvalue weighted by molar-refractivity contribution is 0.0593. The van der Waals surface area contributed by atoms with E-state index in [1.165, 1.54) is 44.9 Å². The van der Waals surface area contributed by atoms with E-state index in [1.807, 2.05) is 0 Å². The van der Waals surface area contributed by atoms with Crippen LogP contribution in [0.15, 0.2) is 0 Å². The molecule has 2 aliphatic carbocycles. The molecule has 0 amide bonds. The first kappa shape index (κ1) is 12.9. The summed E-state index contributed by atoms with van der Waals surface area (Å²) in [4.78, 5) is 0. The van der Waals surface area contributed by atoms with Crippen molar-refractivity contribution in [2.24, 2.45) is 23.7 Å². The highest BCUT2D eigenvalue weighted by molar-refractivity contribution is 5.04. The Hall–Kier alpha value is -0.0800. The van der Waals surface area contributed by atoms with Crippen molar-refractivity contribution in [2.75, 3.05) is 19.8 Å². The monoisotopic (exact) mass is 251 g/mol. The number of fused-ring (bicyclic) bond motifs is 1. The van der Waals surface area contributed by atoms with E-state index in [9.17, 15) is 0 Å². The van der Waals surface area contributed by atoms with Crippen molar-refractivity contribution in [3.05, 3.63) is 0 Å². The summed E-state index contributed by atoms with van der Waals surface area (Å²) in [6.45, 7) is 5.41. The maximum absolute atomic E-state index is 5.49. The second kappa shape index (κ2) is 5.92. The first-order chi connectivity index (χ1) is 8.90. The van der Waals surface area contributed by atoms with Crippen LogP contribution in [-0.2, 0) is 4.74 Å². The summed E-state index contributed by atoms with van der Waals surface area (Å²) in [5, 5.41) is 3.81. The largest absolute Gasteiger partial charge is 0.381 e. The van der Waals surface area contributed by atoms with E-state index in [-0.39, 0.29) is 0 Å². The van der Waals surface area contributed by atoms with E-state index < -0.39 is 0 Å². The van der Waals surface area contributed by atoms with Crippen LogP contribution in [0.2, 0.25) is 0 Å². The van der Waals surface area contributed by atoms with Gasteiger partial charge in [0.25, 0.3) is 0 Å². The van der Waals surface area contributed by atoms with E-state index in [0.717, 1.165) is 49.5 Å². The normalized spacial score (nSPS) is 38.2. The van der Waals surface area contributed by atoms with Gasteiger partial charge in [0.15, 0.2) is 0 Å². The Morgan fingerprint density at radius 2 is 1.72 bits per heavy atom. The predicted octanol–water partition coefficient (Wildman–Crippen LogP) is 3.22. The van der Waals surface area contributed by atoms with Gasteiger partial charge in [0.2, 0.25) is 0 Å². The molecule has 0 radical (unpaired) electrons. The van der Waals surface area contributed by atoms with Gasteiger partial charge in [0.1, 0.15) is 0 Å². The molecule has 104 valence electrons. The second-order valence-electron chi connectivity index (χ2n) is 6.65. The van der Waals surface area contributed by atoms with E-state index in [1.54, 1.807) is 0 Å². The van der Waals surface area contributed by atoms with Crippen molar-refractivity contribution in [3.8, 4) is 0 Å². The summed E-state index contributed by atoms with van der Waals surface area (Å²) in [6.07, 6.45) is 10.0. The lowest BCUT2D eigenvalue weighted by Crippen LogP contribution is -2.35. The number of hydrogen-bond acceptors (Lipinski definition) is 2. The van der Waals surface area contributed by atoms with Crippen molar-refractivity contribution in [1.82, 2.24) is 5.32 Å². The van der Waals surface area contributed by atoms with Gasteiger partial charge < -0.3 is 10.1 Å². The van der Waals surface area contributed by atoms with Gasteiger partial charge in [-0.15, -0.1) is 0 Å². The van der Waals surface area contributed by atoms with Crippen molar-refractivity contribution in [2.45, 2.75) is 57.9 Å². The second-order valence-corrected chi connectivity index (χ2v) is 6.65. The molecule has 2 saturated carbocycles. The molecular weight excluding hydrogens is 222 g/mol. The van der Waals surface area contributed by atoms with E-state index in [4.69, 9.17) is 4.74 Å². The Labute approximate surface area is 112 Å². The summed E-state index contributed by atoms with van der Waals surface area (Å²) in [6, 6.07) is 0.811. The van der Waals surface area contributed by atoms with Crippen LogP contribution in [0, 0.1) is 23.7 Å². The summed E-state index contributed by atoms with van der Waals surface area (Å²) in [5.74, 6) is 4.12. The molecule has 0 aromatic heterocycles. The maximum atomic E-state index is 5.49. The molecule has 1 aliphatic heterocycles. The fourth-order valence-electron chi connectivity index (χ4n) is 4.62. The van der Waals surface area contributed by atoms with Gasteiger partial charge >= 0.3 is 0 Å². The predicted molar refractivity (Wildman–Crippen MR) is 74.6 cm³/mol. The Morgan fingerprint density at radius 3 is 2.33 bits per heavy atom. The lowest BCUT2D eigenvalue weighted by atomic mass is 9.89. The molecule has 3 rings (SSSR count). The smallest absolute Gasteiger partial charge is 0.0468 e. The average Bonchev–Trinajstić information content (AvgIpc) is 3.14. The van der Waals surface area contributed by atoms with Crippen LogP contribution in [0.1, 0.15) is 51.9 Å². The van der Waals surface area contributed by atoms with Gasteiger partial charge in [-0.25, -0.2) is 0 Å². The highest BCUT2D eigenvalue weighted by Crippen LogP contribution is 2.57. The molecule has 2 heteroatoms. The van der Waals surface area contributed by atoms with Crippen LogP contribution in [0.4, 0.5) is 0 Å². The molecule has 0 spiro atoms. The molecule has 3 fully saturated rings. The van der Waals surface area contributed by atoms with Crippen LogP contribution in [-0.4, -0.2) is 25.8 Å². The number of rotatable bonds is 5. The molecule has 3 atom stereocenters. The molecule has 0 aromatic rings. The topological polar surface area (TPSA) is 21.3 Å². The summed E-state index contributed by atoms with van der Waals surface area (Å²) < 4.78 is 5.49. The molecule has 1 saturated heterocycles. The van der Waals surface area contributed by atoms with E-state index in [0.29, 0.717) is 0 Å². The minimum Gasteiger partial charge on any atom is -0.381 e. The average molecular weight is 251 g/mol. The van der Waals surface area contributed by atoms with Gasteiger partial charge in [-0.2, -0.15) is 0 Å². The Morgan fingerprint density at radius 1 is 1.06 bits per heavy atom. The zero-order chi connectivity index (χ0) is 12.4. The van der Waals surface area contributed by atoms with E-state index >= 15 is 0 Å². The Kier molecular flexibility index (Phi) is 4.25. The van der Waals surface area contributed by atoms with Gasteiger partial charge in [-0.1, -0.05) is 19.8 Å². The Bertz CT molecular complexity index is 250. The van der Waals surface area contributed by atoms with Gasteiger partial charge in [-0.05, 0) is 62.3 Å². The first-order valence-electron chi connectivity index (χ1n) is 8.21. The molecule has 3 aliphatic rings. The molecule has 3 unspecified atom stereocenters. The molecule has 0 bridgehead atoms. The minimum absolute atomic E-state index is 0.811. The standard InChI is InChI=1S/C16H29NO/c1-2-17-15(11-12-7-9-18-10-8-12)16-13-5-3-4-6-14(13)16/h12-17H,2-11H2,1H3. The van der Waals surface area contributed by atoms with Crippen molar-refractivity contribution < 1.29 is 4.74 Å². The third-order valence-corrected chi connectivity index (χ3v) is 5.58. The lowest BCUT2D eigenvalue weighted by Gasteiger charge is -2.27. The highest BCUT2D eigenvalue weighted by Gasteiger charge is 2.53. The molecular formula is C16H29NO. The van der Waals surface area contributed by atoms with Gasteiger partial charge in [0, 0.05) is 19.3 Å². The zero-order valence-corrected chi connectivity index (χ0v) is 11.9. The molecule has 1 heterocycles. The summed E-state index contributed by atoms with van der Waals surface area (Å²) >= 11 is 0. The van der Waals surface area contributed by atoms with Crippen LogP contribution in [0.5, 0.6) is 0 Å². The molecule has 0 aromatic carbocycles. The fourth-order valence-corrected chi connectivity index (χ4v) is 4.62. The van der Waals surface area contributed by atoms with Crippen LogP contribution in [0.3, 0.4) is 0 Å². The van der Waals surface area contributed by atoms with Crippen molar-refractivity contribution >= 4 is 0 Å². The fraction of sp³-hybridized carbons (Fsp3) is 1.00. The SMILES string of the molecule is CCNC(CC1CCOCC1)C1C2CCCCC21. The molecule has 18 heavy (non-hydrogen) atoms. The van der Waals surface area contributed by atoms with Crippen molar-refractivity contribution in [3.63, 3.8) is 0 Å². The van der Waals surface area contributed by atoms with Crippen molar-refractivity contribution in [1.29, 1.82) is 0 Å².